The fourth-order valence-electron chi connectivity index (χ4n) is 2.59. The van der Waals surface area contributed by atoms with Gasteiger partial charge in [-0.1, -0.05) is 17.8 Å². The molecule has 3 aromatic rings. The summed E-state index contributed by atoms with van der Waals surface area (Å²) in [6.07, 6.45) is 5.31. The molecule has 4 rings (SSSR count). The molecular formula is C16H14ClN5OS. The summed E-state index contributed by atoms with van der Waals surface area (Å²) in [6, 6.07) is 6.22. The van der Waals surface area contributed by atoms with Gasteiger partial charge in [-0.15, -0.1) is 0 Å². The van der Waals surface area contributed by atoms with Crippen molar-refractivity contribution in [2.75, 3.05) is 12.2 Å². The van der Waals surface area contributed by atoms with Gasteiger partial charge in [0.1, 0.15) is 5.03 Å². The van der Waals surface area contributed by atoms with Gasteiger partial charge in [0.05, 0.1) is 18.5 Å². The van der Waals surface area contributed by atoms with Crippen molar-refractivity contribution in [3.8, 4) is 0 Å². The molecule has 24 heavy (non-hydrogen) atoms. The Morgan fingerprint density at radius 2 is 2.17 bits per heavy atom. The first-order valence-electron chi connectivity index (χ1n) is 7.31. The second kappa shape index (κ2) is 6.08. The van der Waals surface area contributed by atoms with E-state index in [-0.39, 0.29) is 0 Å². The summed E-state index contributed by atoms with van der Waals surface area (Å²) >= 11 is 7.66. The van der Waals surface area contributed by atoms with Gasteiger partial charge >= 0.3 is 0 Å². The molecule has 1 aromatic carbocycles. The van der Waals surface area contributed by atoms with Crippen molar-refractivity contribution < 1.29 is 4.84 Å². The molecule has 3 heterocycles. The SMILES string of the molecule is CON1c2cc(Cn3ccnc3Cl)ccc2Sc2ncc(C)nc21. The number of anilines is 2. The summed E-state index contributed by atoms with van der Waals surface area (Å²) in [7, 11) is 1.63. The van der Waals surface area contributed by atoms with E-state index < -0.39 is 0 Å². The fraction of sp³-hybridized carbons (Fsp3) is 0.188. The van der Waals surface area contributed by atoms with E-state index >= 15 is 0 Å². The van der Waals surface area contributed by atoms with Crippen LogP contribution in [0.5, 0.6) is 0 Å². The molecule has 0 unspecified atom stereocenters. The van der Waals surface area contributed by atoms with Crippen molar-refractivity contribution in [2.45, 2.75) is 23.4 Å². The zero-order valence-electron chi connectivity index (χ0n) is 13.1. The third-order valence-corrected chi connectivity index (χ3v) is 5.04. The Kier molecular flexibility index (Phi) is 3.91. The van der Waals surface area contributed by atoms with Gasteiger partial charge in [0.25, 0.3) is 0 Å². The fourth-order valence-corrected chi connectivity index (χ4v) is 3.68. The van der Waals surface area contributed by atoms with Gasteiger partial charge in [-0.25, -0.2) is 15.0 Å². The largest absolute Gasteiger partial charge is 0.317 e. The number of rotatable bonds is 3. The van der Waals surface area contributed by atoms with Crippen LogP contribution in [0.1, 0.15) is 11.3 Å². The summed E-state index contributed by atoms with van der Waals surface area (Å²) < 4.78 is 1.88. The van der Waals surface area contributed by atoms with Gasteiger partial charge in [0.2, 0.25) is 5.28 Å². The van der Waals surface area contributed by atoms with Crippen LogP contribution in [0, 0.1) is 6.92 Å². The Labute approximate surface area is 148 Å². The lowest BCUT2D eigenvalue weighted by atomic mass is 10.2. The first-order chi connectivity index (χ1) is 11.7. The number of aryl methyl sites for hydroxylation is 1. The molecule has 0 aliphatic carbocycles. The second-order valence-corrected chi connectivity index (χ2v) is 6.71. The molecule has 1 aliphatic rings. The van der Waals surface area contributed by atoms with E-state index in [1.165, 1.54) is 0 Å². The average molecular weight is 360 g/mol. The normalized spacial score (nSPS) is 12.9. The van der Waals surface area contributed by atoms with Crippen LogP contribution in [0.25, 0.3) is 0 Å². The van der Waals surface area contributed by atoms with Crippen LogP contribution in [0.15, 0.2) is 46.7 Å². The van der Waals surface area contributed by atoms with Gasteiger partial charge in [-0.2, -0.15) is 5.06 Å². The molecular weight excluding hydrogens is 346 g/mol. The highest BCUT2D eigenvalue weighted by Gasteiger charge is 2.26. The highest BCUT2D eigenvalue weighted by Crippen LogP contribution is 2.46. The van der Waals surface area contributed by atoms with Gasteiger partial charge in [-0.3, -0.25) is 4.84 Å². The molecule has 0 bridgehead atoms. The van der Waals surface area contributed by atoms with Gasteiger partial charge in [0, 0.05) is 30.0 Å². The van der Waals surface area contributed by atoms with Gasteiger partial charge in [-0.05, 0) is 36.2 Å². The maximum atomic E-state index is 6.07. The highest BCUT2D eigenvalue weighted by molar-refractivity contribution is 7.99. The van der Waals surface area contributed by atoms with Crippen molar-refractivity contribution in [1.82, 2.24) is 19.5 Å². The summed E-state index contributed by atoms with van der Waals surface area (Å²) in [5, 5.41) is 3.03. The van der Waals surface area contributed by atoms with Crippen molar-refractivity contribution in [1.29, 1.82) is 0 Å². The zero-order valence-corrected chi connectivity index (χ0v) is 14.7. The Bertz CT molecular complexity index is 913. The number of nitrogens with zero attached hydrogens (tertiary/aromatic N) is 5. The maximum absolute atomic E-state index is 6.07. The van der Waals surface area contributed by atoms with Crippen LogP contribution in [0.3, 0.4) is 0 Å². The summed E-state index contributed by atoms with van der Waals surface area (Å²) in [5.74, 6) is 0.716. The Balaban J connectivity index is 1.74. The standard InChI is InChI=1S/C16H14ClN5OS/c1-10-8-19-15-14(20-10)22(23-2)12-7-11(3-4-13(12)24-15)9-21-6-5-18-16(21)17/h3-8H,9H2,1-2H3. The molecule has 0 atom stereocenters. The maximum Gasteiger partial charge on any atom is 0.202 e. The third-order valence-electron chi connectivity index (χ3n) is 3.68. The first-order valence-corrected chi connectivity index (χ1v) is 8.50. The number of hydrogen-bond acceptors (Lipinski definition) is 6. The monoisotopic (exact) mass is 359 g/mol. The van der Waals surface area contributed by atoms with Crippen LogP contribution in [-0.4, -0.2) is 26.6 Å². The Morgan fingerprint density at radius 3 is 2.92 bits per heavy atom. The topological polar surface area (TPSA) is 56.1 Å². The molecule has 0 fully saturated rings. The van der Waals surface area contributed by atoms with E-state index in [0.717, 1.165) is 26.9 Å². The van der Waals surface area contributed by atoms with Crippen molar-refractivity contribution in [3.05, 3.63) is 53.3 Å². The Hall–Kier alpha value is -2.09. The molecule has 0 N–H and O–H groups in total. The predicted molar refractivity (Wildman–Crippen MR) is 92.8 cm³/mol. The lowest BCUT2D eigenvalue weighted by molar-refractivity contribution is 0.195. The van der Waals surface area contributed by atoms with Gasteiger partial charge < -0.3 is 4.57 Å². The predicted octanol–water partition coefficient (Wildman–Crippen LogP) is 3.85. The molecule has 0 saturated carbocycles. The van der Waals surface area contributed by atoms with Crippen LogP contribution < -0.4 is 5.06 Å². The number of imidazole rings is 1. The minimum atomic E-state index is 0.470. The molecule has 1 aliphatic heterocycles. The first kappa shape index (κ1) is 15.4. The van der Waals surface area contributed by atoms with Crippen molar-refractivity contribution in [3.63, 3.8) is 0 Å². The van der Waals surface area contributed by atoms with Crippen LogP contribution in [0.2, 0.25) is 5.28 Å². The van der Waals surface area contributed by atoms with E-state index in [2.05, 4.69) is 33.2 Å². The minimum absolute atomic E-state index is 0.470. The molecule has 0 spiro atoms. The third kappa shape index (κ3) is 2.64. The van der Waals surface area contributed by atoms with Crippen molar-refractivity contribution in [2.24, 2.45) is 0 Å². The number of hydrogen-bond donors (Lipinski definition) is 0. The van der Waals surface area contributed by atoms with E-state index in [1.807, 2.05) is 17.7 Å². The zero-order chi connectivity index (χ0) is 16.7. The summed E-state index contributed by atoms with van der Waals surface area (Å²) in [6.45, 7) is 2.56. The highest BCUT2D eigenvalue weighted by atomic mass is 35.5. The van der Waals surface area contributed by atoms with Crippen LogP contribution in [0.4, 0.5) is 11.5 Å². The summed E-state index contributed by atoms with van der Waals surface area (Å²) in [4.78, 5) is 19.7. The number of benzene rings is 1. The number of fused-ring (bicyclic) bond motifs is 2. The molecule has 8 heteroatoms. The van der Waals surface area contributed by atoms with E-state index in [0.29, 0.717) is 17.6 Å². The number of aromatic nitrogens is 4. The molecule has 2 aromatic heterocycles. The molecule has 122 valence electrons. The molecule has 0 radical (unpaired) electrons. The van der Waals surface area contributed by atoms with E-state index in [4.69, 9.17) is 16.4 Å². The Morgan fingerprint density at radius 1 is 1.29 bits per heavy atom. The average Bonchev–Trinajstić information content (AvgIpc) is 2.98. The number of halogens is 1. The van der Waals surface area contributed by atoms with Crippen LogP contribution >= 0.6 is 23.4 Å². The lowest BCUT2D eigenvalue weighted by Gasteiger charge is -2.29. The van der Waals surface area contributed by atoms with E-state index in [1.54, 1.807) is 36.3 Å². The van der Waals surface area contributed by atoms with E-state index in [9.17, 15) is 0 Å². The van der Waals surface area contributed by atoms with Gasteiger partial charge in [0.15, 0.2) is 5.82 Å². The minimum Gasteiger partial charge on any atom is -0.317 e. The smallest absolute Gasteiger partial charge is 0.202 e. The molecule has 6 nitrogen and oxygen atoms in total. The van der Waals surface area contributed by atoms with Crippen molar-refractivity contribution >= 4 is 34.9 Å². The quantitative estimate of drug-likeness (QED) is 0.708. The second-order valence-electron chi connectivity index (χ2n) is 5.35. The summed E-state index contributed by atoms with van der Waals surface area (Å²) in [5.41, 5.74) is 2.89. The molecule has 0 amide bonds. The van der Waals surface area contributed by atoms with Crippen LogP contribution in [-0.2, 0) is 11.4 Å². The lowest BCUT2D eigenvalue weighted by Crippen LogP contribution is -2.21. The molecule has 0 saturated heterocycles.